The molecule has 2 saturated heterocycles. The van der Waals surface area contributed by atoms with E-state index in [1.807, 2.05) is 18.7 Å². The molecule has 3 nitrogen and oxygen atoms in total. The van der Waals surface area contributed by atoms with Gasteiger partial charge >= 0.3 is 0 Å². The summed E-state index contributed by atoms with van der Waals surface area (Å²) in [6.07, 6.45) is 3.20. The lowest BCUT2D eigenvalue weighted by Crippen LogP contribution is -2.39. The second kappa shape index (κ2) is 5.67. The van der Waals surface area contributed by atoms with Gasteiger partial charge in [-0.15, -0.1) is 0 Å². The van der Waals surface area contributed by atoms with Crippen LogP contribution in [-0.2, 0) is 4.79 Å². The van der Waals surface area contributed by atoms with Crippen molar-refractivity contribution in [3.63, 3.8) is 0 Å². The topological polar surface area (TPSA) is 23.6 Å². The smallest absolute Gasteiger partial charge is 0.223 e. The molecule has 2 aliphatic heterocycles. The van der Waals surface area contributed by atoms with Gasteiger partial charge in [-0.3, -0.25) is 4.79 Å². The van der Waals surface area contributed by atoms with Gasteiger partial charge in [0.1, 0.15) is 0 Å². The summed E-state index contributed by atoms with van der Waals surface area (Å²) in [4.78, 5) is 16.1. The first-order valence-electron chi connectivity index (χ1n) is 6.61. The van der Waals surface area contributed by atoms with Crippen LogP contribution in [0.4, 0.5) is 0 Å². The van der Waals surface area contributed by atoms with Crippen LogP contribution in [-0.4, -0.2) is 48.9 Å². The minimum absolute atomic E-state index is 0.333. The monoisotopic (exact) mass is 226 g/mol. The van der Waals surface area contributed by atoms with Crippen LogP contribution in [0.5, 0.6) is 0 Å². The van der Waals surface area contributed by atoms with Crippen molar-refractivity contribution in [3.8, 4) is 0 Å². The van der Waals surface area contributed by atoms with Gasteiger partial charge in [0.05, 0.1) is 0 Å². The van der Waals surface area contributed by atoms with E-state index in [-0.39, 0.29) is 0 Å². The maximum atomic E-state index is 11.7. The van der Waals surface area contributed by atoms with Crippen LogP contribution in [0.25, 0.3) is 0 Å². The average Bonchev–Trinajstić information content (AvgIpc) is 2.63. The Balaban J connectivity index is 0.000000606. The molecule has 1 spiro atoms. The Kier molecular flexibility index (Phi) is 4.78. The molecule has 0 unspecified atom stereocenters. The van der Waals surface area contributed by atoms with E-state index in [2.05, 4.69) is 18.9 Å². The summed E-state index contributed by atoms with van der Waals surface area (Å²) in [5, 5.41) is 0. The first-order valence-corrected chi connectivity index (χ1v) is 6.61. The van der Waals surface area contributed by atoms with Gasteiger partial charge in [0.15, 0.2) is 0 Å². The normalized spacial score (nSPS) is 24.5. The number of hydrogen-bond acceptors (Lipinski definition) is 2. The molecular weight excluding hydrogens is 200 g/mol. The van der Waals surface area contributed by atoms with E-state index >= 15 is 0 Å². The molecule has 0 bridgehead atoms. The van der Waals surface area contributed by atoms with Crippen molar-refractivity contribution >= 4 is 5.91 Å². The molecule has 0 aromatic heterocycles. The molecule has 0 aromatic rings. The first kappa shape index (κ1) is 13.5. The summed E-state index contributed by atoms with van der Waals surface area (Å²) in [7, 11) is 2.17. The Morgan fingerprint density at radius 3 is 2.25 bits per heavy atom. The highest BCUT2D eigenvalue weighted by molar-refractivity contribution is 5.79. The summed E-state index contributed by atoms with van der Waals surface area (Å²) in [5.41, 5.74) is 0.333. The van der Waals surface area contributed by atoms with Gasteiger partial charge in [0, 0.05) is 19.5 Å². The molecule has 3 heteroatoms. The molecule has 0 atom stereocenters. The number of rotatable bonds is 1. The lowest BCUT2D eigenvalue weighted by Gasteiger charge is -2.37. The van der Waals surface area contributed by atoms with Crippen LogP contribution in [0, 0.1) is 5.41 Å². The lowest BCUT2D eigenvalue weighted by atomic mass is 9.78. The largest absolute Gasteiger partial charge is 0.342 e. The van der Waals surface area contributed by atoms with Crippen LogP contribution in [0.15, 0.2) is 0 Å². The Morgan fingerprint density at radius 2 is 1.81 bits per heavy atom. The van der Waals surface area contributed by atoms with E-state index in [0.29, 0.717) is 11.3 Å². The molecule has 0 aliphatic carbocycles. The van der Waals surface area contributed by atoms with E-state index < -0.39 is 0 Å². The Hall–Kier alpha value is -0.570. The highest BCUT2D eigenvalue weighted by Crippen LogP contribution is 2.40. The number of nitrogens with zero attached hydrogens (tertiary/aromatic N) is 2. The zero-order valence-corrected chi connectivity index (χ0v) is 11.3. The molecule has 1 amide bonds. The number of piperidine rings is 1. The summed E-state index contributed by atoms with van der Waals surface area (Å²) >= 11 is 0. The Bertz CT molecular complexity index is 232. The predicted octanol–water partition coefficient (Wildman–Crippen LogP) is 1.98. The standard InChI is InChI=1S/C11H20N2O.C2H6/c1-3-13-9-11(8-10(13)14)4-6-12(2)7-5-11;1-2/h3-9H2,1-2H3;1-2H3. The first-order chi connectivity index (χ1) is 7.65. The Morgan fingerprint density at radius 1 is 1.25 bits per heavy atom. The second-order valence-electron chi connectivity index (χ2n) is 4.89. The number of carbonyl (C=O) groups is 1. The van der Waals surface area contributed by atoms with Crippen LogP contribution < -0.4 is 0 Å². The number of carbonyl (C=O) groups excluding carboxylic acids is 1. The fourth-order valence-corrected chi connectivity index (χ4v) is 2.70. The van der Waals surface area contributed by atoms with Gasteiger partial charge < -0.3 is 9.80 Å². The van der Waals surface area contributed by atoms with Crippen molar-refractivity contribution in [1.29, 1.82) is 0 Å². The minimum atomic E-state index is 0.333. The van der Waals surface area contributed by atoms with Gasteiger partial charge in [0.25, 0.3) is 0 Å². The third-order valence-corrected chi connectivity index (χ3v) is 3.83. The average molecular weight is 226 g/mol. The summed E-state index contributed by atoms with van der Waals surface area (Å²) in [5.74, 6) is 0.372. The highest BCUT2D eigenvalue weighted by Gasteiger charge is 2.43. The molecule has 0 N–H and O–H groups in total. The number of likely N-dealkylation sites (tertiary alicyclic amines) is 2. The van der Waals surface area contributed by atoms with Crippen LogP contribution in [0.1, 0.15) is 40.0 Å². The van der Waals surface area contributed by atoms with Gasteiger partial charge in [-0.1, -0.05) is 13.8 Å². The van der Waals surface area contributed by atoms with E-state index in [9.17, 15) is 4.79 Å². The maximum Gasteiger partial charge on any atom is 0.223 e. The van der Waals surface area contributed by atoms with Crippen molar-refractivity contribution < 1.29 is 4.79 Å². The molecule has 0 radical (unpaired) electrons. The van der Waals surface area contributed by atoms with Crippen molar-refractivity contribution in [3.05, 3.63) is 0 Å². The van der Waals surface area contributed by atoms with Crippen LogP contribution in [0.3, 0.4) is 0 Å². The van der Waals surface area contributed by atoms with E-state index in [1.54, 1.807) is 0 Å². The molecule has 2 fully saturated rings. The van der Waals surface area contributed by atoms with Gasteiger partial charge in [-0.05, 0) is 45.3 Å². The molecule has 94 valence electrons. The second-order valence-corrected chi connectivity index (χ2v) is 4.89. The molecule has 0 aromatic carbocycles. The maximum absolute atomic E-state index is 11.7. The molecule has 2 aliphatic rings. The minimum Gasteiger partial charge on any atom is -0.342 e. The third kappa shape index (κ3) is 2.76. The summed E-state index contributed by atoms with van der Waals surface area (Å²) in [6, 6.07) is 0. The SMILES string of the molecule is CC.CCN1CC2(CCN(C)CC2)CC1=O. The van der Waals surface area contributed by atoms with E-state index in [4.69, 9.17) is 0 Å². The lowest BCUT2D eigenvalue weighted by molar-refractivity contribution is -0.127. The zero-order valence-electron chi connectivity index (χ0n) is 11.3. The van der Waals surface area contributed by atoms with Gasteiger partial charge in [0.2, 0.25) is 5.91 Å². The third-order valence-electron chi connectivity index (χ3n) is 3.83. The van der Waals surface area contributed by atoms with Crippen molar-refractivity contribution in [2.75, 3.05) is 33.2 Å². The molecule has 2 rings (SSSR count). The fraction of sp³-hybridized carbons (Fsp3) is 0.923. The Labute approximate surface area is 99.8 Å². The zero-order chi connectivity index (χ0) is 12.2. The molecule has 2 heterocycles. The van der Waals surface area contributed by atoms with E-state index in [0.717, 1.165) is 32.6 Å². The van der Waals surface area contributed by atoms with Crippen LogP contribution >= 0.6 is 0 Å². The van der Waals surface area contributed by atoms with Gasteiger partial charge in [-0.2, -0.15) is 0 Å². The quantitative estimate of drug-likeness (QED) is 0.682. The molecule has 0 saturated carbocycles. The fourth-order valence-electron chi connectivity index (χ4n) is 2.70. The summed E-state index contributed by atoms with van der Waals surface area (Å²) < 4.78 is 0. The van der Waals surface area contributed by atoms with Crippen LogP contribution in [0.2, 0.25) is 0 Å². The predicted molar refractivity (Wildman–Crippen MR) is 67.4 cm³/mol. The molecular formula is C13H26N2O. The van der Waals surface area contributed by atoms with Crippen molar-refractivity contribution in [2.24, 2.45) is 5.41 Å². The van der Waals surface area contributed by atoms with Gasteiger partial charge in [-0.25, -0.2) is 0 Å². The van der Waals surface area contributed by atoms with Crippen molar-refractivity contribution in [2.45, 2.75) is 40.0 Å². The number of amides is 1. The van der Waals surface area contributed by atoms with Crippen molar-refractivity contribution in [1.82, 2.24) is 9.80 Å². The highest BCUT2D eigenvalue weighted by atomic mass is 16.2. The van der Waals surface area contributed by atoms with E-state index in [1.165, 1.54) is 12.8 Å². The number of hydrogen-bond donors (Lipinski definition) is 0. The molecule has 16 heavy (non-hydrogen) atoms. The summed E-state index contributed by atoms with van der Waals surface area (Å²) in [6.45, 7) is 10.3.